The van der Waals surface area contributed by atoms with E-state index in [1.54, 1.807) is 13.8 Å². The third-order valence-corrected chi connectivity index (χ3v) is 4.38. The smallest absolute Gasteiger partial charge is 0.326 e. The van der Waals surface area contributed by atoms with Gasteiger partial charge in [-0.1, -0.05) is 13.8 Å². The number of amides is 3. The van der Waals surface area contributed by atoms with Crippen molar-refractivity contribution in [3.05, 3.63) is 0 Å². The molecule has 10 nitrogen and oxygen atoms in total. The first-order valence-corrected chi connectivity index (χ1v) is 9.93. The molecule has 0 aliphatic rings. The quantitative estimate of drug-likeness (QED) is 0.222. The predicted molar refractivity (Wildman–Crippen MR) is 102 cm³/mol. The van der Waals surface area contributed by atoms with Crippen LogP contribution < -0.4 is 21.7 Å². The fourth-order valence-corrected chi connectivity index (χ4v) is 2.49. The van der Waals surface area contributed by atoms with Gasteiger partial charge in [0.15, 0.2) is 0 Å². The first-order chi connectivity index (χ1) is 12.5. The highest BCUT2D eigenvalue weighted by Gasteiger charge is 2.28. The van der Waals surface area contributed by atoms with Gasteiger partial charge < -0.3 is 31.9 Å². The Balaban J connectivity index is 4.78. The zero-order chi connectivity index (χ0) is 21.1. The lowest BCUT2D eigenvalue weighted by molar-refractivity contribution is -0.142. The van der Waals surface area contributed by atoms with Crippen LogP contribution in [0, 0.1) is 5.92 Å². The Morgan fingerprint density at radius 3 is 2.11 bits per heavy atom. The number of aliphatic hydroxyl groups excluding tert-OH is 1. The highest BCUT2D eigenvalue weighted by Crippen LogP contribution is 2.05. The van der Waals surface area contributed by atoms with E-state index >= 15 is 0 Å². The van der Waals surface area contributed by atoms with Crippen molar-refractivity contribution in [2.45, 2.75) is 51.4 Å². The van der Waals surface area contributed by atoms with Crippen molar-refractivity contribution in [2.75, 3.05) is 18.6 Å². The Morgan fingerprint density at radius 2 is 1.67 bits per heavy atom. The van der Waals surface area contributed by atoms with Gasteiger partial charge in [-0.2, -0.15) is 11.8 Å². The number of hydrogen-bond donors (Lipinski definition) is 6. The molecule has 0 radical (unpaired) electrons. The van der Waals surface area contributed by atoms with E-state index in [2.05, 4.69) is 16.0 Å². The molecule has 0 saturated heterocycles. The Bertz CT molecular complexity index is 529. The second-order valence-corrected chi connectivity index (χ2v) is 7.44. The van der Waals surface area contributed by atoms with Crippen molar-refractivity contribution >= 4 is 35.5 Å². The molecule has 4 atom stereocenters. The van der Waals surface area contributed by atoms with Crippen molar-refractivity contribution in [1.82, 2.24) is 16.0 Å². The number of aliphatic hydroxyl groups is 1. The second-order valence-electron chi connectivity index (χ2n) is 6.45. The normalized spacial score (nSPS) is 15.4. The maximum Gasteiger partial charge on any atom is 0.326 e. The van der Waals surface area contributed by atoms with Crippen molar-refractivity contribution in [3.8, 4) is 0 Å². The van der Waals surface area contributed by atoms with Gasteiger partial charge in [0.2, 0.25) is 17.7 Å². The number of aliphatic carboxylic acids is 1. The Morgan fingerprint density at radius 1 is 1.07 bits per heavy atom. The standard InChI is InChI=1S/C16H30N4O6S/c1-8(2)13(15(24)19-10(16(25)26)5-6-27-4)20-11(22)7-18-14(23)12(17)9(3)21/h8-10,12-13,21H,5-7,17H2,1-4H3,(H,18,23)(H,19,24)(H,20,22)(H,25,26). The molecule has 0 aromatic carbocycles. The van der Waals surface area contributed by atoms with Gasteiger partial charge in [0.1, 0.15) is 18.1 Å². The molecule has 0 aromatic heterocycles. The molecule has 0 fully saturated rings. The SMILES string of the molecule is CSCCC(NC(=O)C(NC(=O)CNC(=O)C(N)C(C)O)C(C)C)C(=O)O. The van der Waals surface area contributed by atoms with Crippen molar-refractivity contribution in [2.24, 2.45) is 11.7 Å². The number of nitrogens with one attached hydrogen (secondary N) is 3. The van der Waals surface area contributed by atoms with E-state index in [0.29, 0.717) is 5.75 Å². The lowest BCUT2D eigenvalue weighted by atomic mass is 10.0. The molecule has 27 heavy (non-hydrogen) atoms. The second kappa shape index (κ2) is 12.5. The topological polar surface area (TPSA) is 171 Å². The summed E-state index contributed by atoms with van der Waals surface area (Å²) in [6.45, 7) is 4.32. The zero-order valence-corrected chi connectivity index (χ0v) is 16.8. The maximum atomic E-state index is 12.4. The summed E-state index contributed by atoms with van der Waals surface area (Å²) in [4.78, 5) is 47.3. The number of hydrogen-bond acceptors (Lipinski definition) is 7. The van der Waals surface area contributed by atoms with E-state index in [4.69, 9.17) is 5.73 Å². The number of carbonyl (C=O) groups is 4. The van der Waals surface area contributed by atoms with Gasteiger partial charge in [-0.15, -0.1) is 0 Å². The number of rotatable bonds is 12. The first kappa shape index (κ1) is 25.1. The molecule has 0 aliphatic heterocycles. The van der Waals surface area contributed by atoms with Gasteiger partial charge in [0, 0.05) is 0 Å². The predicted octanol–water partition coefficient (Wildman–Crippen LogP) is -1.73. The van der Waals surface area contributed by atoms with Crippen molar-refractivity contribution in [1.29, 1.82) is 0 Å². The number of carbonyl (C=O) groups excluding carboxylic acids is 3. The molecule has 0 rings (SSSR count). The number of carboxylic acid groups (broad SMARTS) is 1. The fraction of sp³-hybridized carbons (Fsp3) is 0.750. The van der Waals surface area contributed by atoms with Gasteiger partial charge in [-0.3, -0.25) is 14.4 Å². The molecule has 0 bridgehead atoms. The monoisotopic (exact) mass is 406 g/mol. The minimum Gasteiger partial charge on any atom is -0.480 e. The van der Waals surface area contributed by atoms with Gasteiger partial charge in [0.05, 0.1) is 12.6 Å². The van der Waals surface area contributed by atoms with Crippen LogP contribution >= 0.6 is 11.8 Å². The molecule has 4 unspecified atom stereocenters. The average Bonchev–Trinajstić information content (AvgIpc) is 2.59. The van der Waals surface area contributed by atoms with Gasteiger partial charge in [0.25, 0.3) is 0 Å². The Kier molecular flexibility index (Phi) is 11.7. The molecule has 156 valence electrons. The highest BCUT2D eigenvalue weighted by molar-refractivity contribution is 7.98. The molecular weight excluding hydrogens is 376 g/mol. The van der Waals surface area contributed by atoms with Crippen LogP contribution in [0.25, 0.3) is 0 Å². The molecule has 0 aliphatic carbocycles. The molecule has 11 heteroatoms. The summed E-state index contributed by atoms with van der Waals surface area (Å²) in [7, 11) is 0. The number of carboxylic acids is 1. The van der Waals surface area contributed by atoms with Crippen molar-refractivity contribution in [3.63, 3.8) is 0 Å². The summed E-state index contributed by atoms with van der Waals surface area (Å²) >= 11 is 1.46. The number of thioether (sulfide) groups is 1. The maximum absolute atomic E-state index is 12.4. The van der Waals surface area contributed by atoms with Gasteiger partial charge in [-0.25, -0.2) is 4.79 Å². The van der Waals surface area contributed by atoms with Gasteiger partial charge in [-0.05, 0) is 31.3 Å². The van der Waals surface area contributed by atoms with Crippen LogP contribution in [0.5, 0.6) is 0 Å². The van der Waals surface area contributed by atoms with Crippen LogP contribution in [-0.2, 0) is 19.2 Å². The Hall–Kier alpha value is -1.85. The summed E-state index contributed by atoms with van der Waals surface area (Å²) in [6, 6.07) is -3.18. The molecule has 0 spiro atoms. The largest absolute Gasteiger partial charge is 0.480 e. The van der Waals surface area contributed by atoms with E-state index in [-0.39, 0.29) is 12.3 Å². The molecule has 7 N–H and O–H groups in total. The van der Waals surface area contributed by atoms with E-state index in [0.717, 1.165) is 0 Å². The molecule has 0 heterocycles. The third kappa shape index (κ3) is 9.59. The summed E-state index contributed by atoms with van der Waals surface area (Å²) in [6.07, 6.45) is 1.01. The minimum atomic E-state index is -1.17. The van der Waals surface area contributed by atoms with Crippen LogP contribution in [0.4, 0.5) is 0 Å². The van der Waals surface area contributed by atoms with E-state index in [1.165, 1.54) is 18.7 Å². The minimum absolute atomic E-state index is 0.258. The van der Waals surface area contributed by atoms with E-state index in [1.807, 2.05) is 6.26 Å². The van der Waals surface area contributed by atoms with Crippen LogP contribution in [0.3, 0.4) is 0 Å². The number of nitrogens with two attached hydrogens (primary N) is 1. The van der Waals surface area contributed by atoms with Crippen LogP contribution in [0.1, 0.15) is 27.2 Å². The Labute approximate surface area is 163 Å². The summed E-state index contributed by atoms with van der Waals surface area (Å²) in [5.41, 5.74) is 5.45. The fourth-order valence-electron chi connectivity index (χ4n) is 2.02. The average molecular weight is 407 g/mol. The van der Waals surface area contributed by atoms with Crippen LogP contribution in [0.2, 0.25) is 0 Å². The van der Waals surface area contributed by atoms with Crippen LogP contribution in [-0.4, -0.2) is 76.7 Å². The zero-order valence-electron chi connectivity index (χ0n) is 16.0. The summed E-state index contributed by atoms with van der Waals surface area (Å²) in [5, 5.41) is 25.6. The van der Waals surface area contributed by atoms with Crippen molar-refractivity contribution < 1.29 is 29.4 Å². The lowest BCUT2D eigenvalue weighted by Crippen LogP contribution is -2.56. The molecule has 0 aromatic rings. The first-order valence-electron chi connectivity index (χ1n) is 8.54. The molecule has 3 amide bonds. The molecule has 0 saturated carbocycles. The van der Waals surface area contributed by atoms with Crippen LogP contribution in [0.15, 0.2) is 0 Å². The lowest BCUT2D eigenvalue weighted by Gasteiger charge is -2.24. The summed E-state index contributed by atoms with van der Waals surface area (Å²) < 4.78 is 0. The molecular formula is C16H30N4O6S. The van der Waals surface area contributed by atoms with E-state index < -0.39 is 54.5 Å². The van der Waals surface area contributed by atoms with Gasteiger partial charge >= 0.3 is 5.97 Å². The third-order valence-electron chi connectivity index (χ3n) is 3.74. The van der Waals surface area contributed by atoms with E-state index in [9.17, 15) is 29.4 Å². The summed E-state index contributed by atoms with van der Waals surface area (Å²) in [5.74, 6) is -2.84. The highest BCUT2D eigenvalue weighted by atomic mass is 32.2.